The highest BCUT2D eigenvalue weighted by Gasteiger charge is 2.06. The lowest BCUT2D eigenvalue weighted by atomic mass is 10.1. The Labute approximate surface area is 127 Å². The summed E-state index contributed by atoms with van der Waals surface area (Å²) in [6, 6.07) is 10.7. The van der Waals surface area contributed by atoms with E-state index in [4.69, 9.17) is 0 Å². The van der Waals surface area contributed by atoms with Crippen LogP contribution in [0.2, 0.25) is 0 Å². The van der Waals surface area contributed by atoms with Crippen LogP contribution < -0.4 is 10.6 Å². The molecule has 102 valence electrons. The number of rotatable bonds is 5. The maximum atomic E-state index is 4.49. The van der Waals surface area contributed by atoms with Crippen LogP contribution in [0, 0.1) is 0 Å². The topological polar surface area (TPSA) is 36.4 Å². The van der Waals surface area contributed by atoms with Crippen LogP contribution in [0.4, 0.5) is 0 Å². The third-order valence-electron chi connectivity index (χ3n) is 2.49. The second-order valence-corrected chi connectivity index (χ2v) is 4.04. The van der Waals surface area contributed by atoms with Crippen molar-refractivity contribution < 1.29 is 0 Å². The summed E-state index contributed by atoms with van der Waals surface area (Å²) in [5.41, 5.74) is 1.27. The molecule has 0 fully saturated rings. The molecule has 0 spiro atoms. The van der Waals surface area contributed by atoms with Gasteiger partial charge in [-0.25, -0.2) is 0 Å². The Balaban J connectivity index is 0.00000289. The van der Waals surface area contributed by atoms with E-state index in [0.717, 1.165) is 25.5 Å². The highest BCUT2D eigenvalue weighted by atomic mass is 127. The van der Waals surface area contributed by atoms with E-state index in [0.29, 0.717) is 0 Å². The molecule has 0 heterocycles. The van der Waals surface area contributed by atoms with Gasteiger partial charge >= 0.3 is 0 Å². The molecule has 1 atom stereocenters. The Bertz CT molecular complexity index is 338. The zero-order chi connectivity index (χ0) is 12.5. The maximum absolute atomic E-state index is 4.49. The van der Waals surface area contributed by atoms with Gasteiger partial charge in [-0.15, -0.1) is 24.0 Å². The van der Waals surface area contributed by atoms with E-state index in [2.05, 4.69) is 60.7 Å². The summed E-state index contributed by atoms with van der Waals surface area (Å²) in [5.74, 6) is 0.894. The summed E-state index contributed by atoms with van der Waals surface area (Å²) in [4.78, 5) is 4.49. The van der Waals surface area contributed by atoms with Crippen molar-refractivity contribution in [3.63, 3.8) is 0 Å². The molecule has 1 aromatic carbocycles. The molecule has 0 aliphatic rings. The van der Waals surface area contributed by atoms with Crippen molar-refractivity contribution in [1.29, 1.82) is 0 Å². The van der Waals surface area contributed by atoms with E-state index in [-0.39, 0.29) is 30.0 Å². The first kappa shape index (κ1) is 17.2. The number of aliphatic imine (C=N–C) groups is 1. The average molecular weight is 361 g/mol. The molecule has 0 aliphatic heterocycles. The summed E-state index contributed by atoms with van der Waals surface area (Å²) < 4.78 is 0. The SMILES string of the molecule is CCCN=C(NCC)NC(C)c1ccccc1.I. The van der Waals surface area contributed by atoms with E-state index in [9.17, 15) is 0 Å². The fraction of sp³-hybridized carbons (Fsp3) is 0.500. The fourth-order valence-electron chi connectivity index (χ4n) is 1.57. The molecule has 0 radical (unpaired) electrons. The Morgan fingerprint density at radius 3 is 2.44 bits per heavy atom. The van der Waals surface area contributed by atoms with Crippen LogP contribution >= 0.6 is 24.0 Å². The quantitative estimate of drug-likeness (QED) is 0.480. The predicted octanol–water partition coefficient (Wildman–Crippen LogP) is 3.33. The van der Waals surface area contributed by atoms with Gasteiger partial charge in [-0.2, -0.15) is 0 Å². The third kappa shape index (κ3) is 6.23. The first-order valence-electron chi connectivity index (χ1n) is 6.37. The van der Waals surface area contributed by atoms with Gasteiger partial charge in [-0.05, 0) is 25.8 Å². The summed E-state index contributed by atoms with van der Waals surface area (Å²) in [6.45, 7) is 8.10. The van der Waals surface area contributed by atoms with Crippen molar-refractivity contribution >= 4 is 29.9 Å². The zero-order valence-corrected chi connectivity index (χ0v) is 13.8. The molecule has 1 unspecified atom stereocenters. The largest absolute Gasteiger partial charge is 0.357 e. The number of hydrogen-bond acceptors (Lipinski definition) is 1. The Morgan fingerprint density at radius 2 is 1.89 bits per heavy atom. The highest BCUT2D eigenvalue weighted by molar-refractivity contribution is 14.0. The predicted molar refractivity (Wildman–Crippen MR) is 89.7 cm³/mol. The van der Waals surface area contributed by atoms with Gasteiger partial charge in [0.05, 0.1) is 6.04 Å². The first-order valence-corrected chi connectivity index (χ1v) is 6.37. The van der Waals surface area contributed by atoms with Crippen LogP contribution in [0.5, 0.6) is 0 Å². The molecule has 0 bridgehead atoms. The monoisotopic (exact) mass is 361 g/mol. The van der Waals surface area contributed by atoms with E-state index in [1.54, 1.807) is 0 Å². The number of hydrogen-bond donors (Lipinski definition) is 2. The summed E-state index contributed by atoms with van der Waals surface area (Å²) in [5, 5.41) is 6.66. The zero-order valence-electron chi connectivity index (χ0n) is 11.4. The number of halogens is 1. The molecule has 1 rings (SSSR count). The number of nitrogens with zero attached hydrogens (tertiary/aromatic N) is 1. The van der Waals surface area contributed by atoms with Crippen molar-refractivity contribution in [2.45, 2.75) is 33.2 Å². The van der Waals surface area contributed by atoms with Gasteiger partial charge in [0.25, 0.3) is 0 Å². The molecular weight excluding hydrogens is 337 g/mol. The van der Waals surface area contributed by atoms with Gasteiger partial charge in [-0.3, -0.25) is 4.99 Å². The molecule has 18 heavy (non-hydrogen) atoms. The average Bonchev–Trinajstić information content (AvgIpc) is 2.37. The molecule has 0 amide bonds. The normalized spacial score (nSPS) is 12.5. The second-order valence-electron chi connectivity index (χ2n) is 4.04. The highest BCUT2D eigenvalue weighted by Crippen LogP contribution is 2.10. The van der Waals surface area contributed by atoms with Crippen LogP contribution in [-0.2, 0) is 0 Å². The van der Waals surface area contributed by atoms with Gasteiger partial charge < -0.3 is 10.6 Å². The van der Waals surface area contributed by atoms with Crippen LogP contribution in [0.15, 0.2) is 35.3 Å². The van der Waals surface area contributed by atoms with Gasteiger partial charge in [0.1, 0.15) is 0 Å². The molecule has 0 saturated carbocycles. The lowest BCUT2D eigenvalue weighted by Crippen LogP contribution is -2.38. The van der Waals surface area contributed by atoms with E-state index in [1.807, 2.05) is 6.07 Å². The number of nitrogens with one attached hydrogen (secondary N) is 2. The summed E-state index contributed by atoms with van der Waals surface area (Å²) >= 11 is 0. The Hall–Kier alpha value is -0.780. The second kappa shape index (κ2) is 10.2. The van der Waals surface area contributed by atoms with Crippen molar-refractivity contribution in [3.05, 3.63) is 35.9 Å². The van der Waals surface area contributed by atoms with E-state index in [1.165, 1.54) is 5.56 Å². The summed E-state index contributed by atoms with van der Waals surface area (Å²) in [6.07, 6.45) is 1.07. The van der Waals surface area contributed by atoms with Crippen molar-refractivity contribution in [2.75, 3.05) is 13.1 Å². The van der Waals surface area contributed by atoms with Gasteiger partial charge in [0, 0.05) is 13.1 Å². The third-order valence-corrected chi connectivity index (χ3v) is 2.49. The molecule has 0 saturated heterocycles. The standard InChI is InChI=1S/C14H23N3.HI/c1-4-11-16-14(15-5-2)17-12(3)13-9-7-6-8-10-13;/h6-10,12H,4-5,11H2,1-3H3,(H2,15,16,17);1H. The fourth-order valence-corrected chi connectivity index (χ4v) is 1.57. The Morgan fingerprint density at radius 1 is 1.22 bits per heavy atom. The maximum Gasteiger partial charge on any atom is 0.191 e. The minimum Gasteiger partial charge on any atom is -0.357 e. The van der Waals surface area contributed by atoms with Crippen LogP contribution in [-0.4, -0.2) is 19.0 Å². The lowest BCUT2D eigenvalue weighted by Gasteiger charge is -2.18. The van der Waals surface area contributed by atoms with Crippen LogP contribution in [0.1, 0.15) is 38.8 Å². The molecule has 2 N–H and O–H groups in total. The number of guanidine groups is 1. The smallest absolute Gasteiger partial charge is 0.191 e. The minimum absolute atomic E-state index is 0. The van der Waals surface area contributed by atoms with Crippen LogP contribution in [0.3, 0.4) is 0 Å². The van der Waals surface area contributed by atoms with Gasteiger partial charge in [0.2, 0.25) is 0 Å². The van der Waals surface area contributed by atoms with E-state index >= 15 is 0 Å². The molecule has 0 aliphatic carbocycles. The number of benzene rings is 1. The summed E-state index contributed by atoms with van der Waals surface area (Å²) in [7, 11) is 0. The van der Waals surface area contributed by atoms with E-state index < -0.39 is 0 Å². The Kier molecular flexibility index (Phi) is 9.73. The minimum atomic E-state index is 0. The molecule has 4 heteroatoms. The molecule has 1 aromatic rings. The van der Waals surface area contributed by atoms with Crippen molar-refractivity contribution in [3.8, 4) is 0 Å². The van der Waals surface area contributed by atoms with Gasteiger partial charge in [-0.1, -0.05) is 37.3 Å². The first-order chi connectivity index (χ1) is 8.27. The molecular formula is C14H24IN3. The van der Waals surface area contributed by atoms with Crippen molar-refractivity contribution in [2.24, 2.45) is 4.99 Å². The lowest BCUT2D eigenvalue weighted by molar-refractivity contribution is 0.685. The van der Waals surface area contributed by atoms with Crippen molar-refractivity contribution in [1.82, 2.24) is 10.6 Å². The molecule has 0 aromatic heterocycles. The van der Waals surface area contributed by atoms with Crippen LogP contribution in [0.25, 0.3) is 0 Å². The van der Waals surface area contributed by atoms with Gasteiger partial charge in [0.15, 0.2) is 5.96 Å². The molecule has 3 nitrogen and oxygen atoms in total.